The van der Waals surface area contributed by atoms with Crippen LogP contribution in [-0.4, -0.2) is 47.1 Å². The second-order valence-corrected chi connectivity index (χ2v) is 6.94. The van der Waals surface area contributed by atoms with E-state index in [0.717, 1.165) is 10.7 Å². The largest absolute Gasteiger partial charge is 0.334 e. The molecule has 5 nitrogen and oxygen atoms in total. The van der Waals surface area contributed by atoms with Gasteiger partial charge >= 0.3 is 0 Å². The van der Waals surface area contributed by atoms with Crippen LogP contribution in [0.1, 0.15) is 19.2 Å². The smallest absolute Gasteiger partial charge is 0.262 e. The number of aryl methyl sites for hydroxylation is 2. The van der Waals surface area contributed by atoms with Crippen molar-refractivity contribution in [3.05, 3.63) is 12.0 Å². The number of alkyl halides is 3. The van der Waals surface area contributed by atoms with Crippen molar-refractivity contribution >= 4 is 26.0 Å². The van der Waals surface area contributed by atoms with Crippen LogP contribution in [0.5, 0.6) is 0 Å². The Morgan fingerprint density at radius 1 is 1.50 bits per heavy atom. The number of nitrogens with zero attached hydrogens (tertiary/aromatic N) is 3. The zero-order chi connectivity index (χ0) is 15.3. The van der Waals surface area contributed by atoms with E-state index in [-0.39, 0.29) is 16.9 Å². The molecule has 0 fully saturated rings. The fourth-order valence-electron chi connectivity index (χ4n) is 1.76. The Labute approximate surface area is 126 Å². The van der Waals surface area contributed by atoms with Crippen LogP contribution in [0.2, 0.25) is 0 Å². The lowest BCUT2D eigenvalue weighted by atomic mass is 10.5. The molecule has 0 aliphatic carbocycles. The zero-order valence-electron chi connectivity index (χ0n) is 11.4. The maximum Gasteiger partial charge on any atom is 0.262 e. The molecule has 0 aromatic carbocycles. The molecule has 0 saturated heterocycles. The number of imidazole rings is 1. The first kappa shape index (κ1) is 17.5. The molecule has 9 heteroatoms. The monoisotopic (exact) mass is 373 g/mol. The standard InChI is InChI=1S/C11H18BrF2N3O2S/c1-3-5-16-8-11(15-9(16)2)20(18,19)17(6-4-12)7-10(13)14/h8,10H,3-7H2,1-2H3. The molecule has 0 unspecified atom stereocenters. The Kier molecular flexibility index (Phi) is 6.53. The van der Waals surface area contributed by atoms with Gasteiger partial charge in [-0.2, -0.15) is 4.31 Å². The summed E-state index contributed by atoms with van der Waals surface area (Å²) in [5.74, 6) is 0.557. The van der Waals surface area contributed by atoms with E-state index in [1.165, 1.54) is 6.20 Å². The zero-order valence-corrected chi connectivity index (χ0v) is 13.8. The van der Waals surface area contributed by atoms with E-state index in [0.29, 0.717) is 12.4 Å². The minimum absolute atomic E-state index is 0.0215. The summed E-state index contributed by atoms with van der Waals surface area (Å²) in [7, 11) is -3.99. The number of aromatic nitrogens is 2. The molecule has 0 radical (unpaired) electrons. The van der Waals surface area contributed by atoms with Gasteiger partial charge in [-0.3, -0.25) is 0 Å². The third-order valence-corrected chi connectivity index (χ3v) is 4.79. The highest BCUT2D eigenvalue weighted by Gasteiger charge is 2.29. The van der Waals surface area contributed by atoms with Crippen molar-refractivity contribution in [2.24, 2.45) is 0 Å². The number of hydrogen-bond donors (Lipinski definition) is 0. The molecule has 1 aromatic heterocycles. The molecule has 0 bridgehead atoms. The Morgan fingerprint density at radius 3 is 2.65 bits per heavy atom. The van der Waals surface area contributed by atoms with Crippen LogP contribution < -0.4 is 0 Å². The lowest BCUT2D eigenvalue weighted by Crippen LogP contribution is -2.36. The Balaban J connectivity index is 3.09. The highest BCUT2D eigenvalue weighted by molar-refractivity contribution is 9.09. The first-order valence-corrected chi connectivity index (χ1v) is 8.77. The van der Waals surface area contributed by atoms with Crippen LogP contribution in [0.3, 0.4) is 0 Å². The second kappa shape index (κ2) is 7.46. The summed E-state index contributed by atoms with van der Waals surface area (Å²) >= 11 is 3.07. The van der Waals surface area contributed by atoms with Gasteiger partial charge in [0.05, 0.1) is 6.54 Å². The van der Waals surface area contributed by atoms with E-state index in [4.69, 9.17) is 0 Å². The average molecular weight is 374 g/mol. The molecule has 0 spiro atoms. The molecule has 116 valence electrons. The lowest BCUT2D eigenvalue weighted by molar-refractivity contribution is 0.121. The number of rotatable bonds is 8. The molecule has 1 aromatic rings. The van der Waals surface area contributed by atoms with Gasteiger partial charge in [-0.05, 0) is 13.3 Å². The second-order valence-electron chi connectivity index (χ2n) is 4.26. The van der Waals surface area contributed by atoms with Gasteiger partial charge in [-0.25, -0.2) is 22.2 Å². The van der Waals surface area contributed by atoms with Gasteiger partial charge in [-0.1, -0.05) is 22.9 Å². The molecule has 20 heavy (non-hydrogen) atoms. The number of halogens is 3. The molecular weight excluding hydrogens is 356 g/mol. The minimum atomic E-state index is -3.99. The van der Waals surface area contributed by atoms with Gasteiger partial charge in [0.15, 0.2) is 5.03 Å². The molecule has 0 saturated carbocycles. The predicted octanol–water partition coefficient (Wildman–Crippen LogP) is 2.25. The summed E-state index contributed by atoms with van der Waals surface area (Å²) < 4.78 is 52.1. The summed E-state index contributed by atoms with van der Waals surface area (Å²) in [4.78, 5) is 3.98. The van der Waals surface area contributed by atoms with Gasteiger partial charge in [0.1, 0.15) is 5.82 Å². The van der Waals surface area contributed by atoms with Crippen LogP contribution in [0.4, 0.5) is 8.78 Å². The highest BCUT2D eigenvalue weighted by atomic mass is 79.9. The molecule has 0 aliphatic heterocycles. The fraction of sp³-hybridized carbons (Fsp3) is 0.727. The van der Waals surface area contributed by atoms with Gasteiger partial charge in [0.2, 0.25) is 0 Å². The van der Waals surface area contributed by atoms with E-state index >= 15 is 0 Å². The molecule has 0 amide bonds. The minimum Gasteiger partial charge on any atom is -0.334 e. The molecule has 1 heterocycles. The number of hydrogen-bond acceptors (Lipinski definition) is 3. The van der Waals surface area contributed by atoms with E-state index in [1.807, 2.05) is 6.92 Å². The molecular formula is C11H18BrF2N3O2S. The molecule has 0 N–H and O–H groups in total. The molecule has 1 rings (SSSR count). The van der Waals surface area contributed by atoms with E-state index in [9.17, 15) is 17.2 Å². The Morgan fingerprint density at radius 2 is 2.15 bits per heavy atom. The van der Waals surface area contributed by atoms with Crippen molar-refractivity contribution in [1.29, 1.82) is 0 Å². The summed E-state index contributed by atoms with van der Waals surface area (Å²) in [5, 5.41) is 0.109. The maximum atomic E-state index is 12.5. The first-order valence-electron chi connectivity index (χ1n) is 6.21. The van der Waals surface area contributed by atoms with Crippen LogP contribution in [0.25, 0.3) is 0 Å². The van der Waals surface area contributed by atoms with E-state index in [1.54, 1.807) is 11.5 Å². The van der Waals surface area contributed by atoms with Crippen molar-refractivity contribution in [2.45, 2.75) is 38.3 Å². The van der Waals surface area contributed by atoms with Gasteiger partial charge in [-0.15, -0.1) is 0 Å². The third-order valence-electron chi connectivity index (χ3n) is 2.70. The van der Waals surface area contributed by atoms with Crippen LogP contribution in [0, 0.1) is 6.92 Å². The lowest BCUT2D eigenvalue weighted by Gasteiger charge is -2.19. The van der Waals surface area contributed by atoms with Gasteiger partial charge < -0.3 is 4.57 Å². The average Bonchev–Trinajstić information content (AvgIpc) is 2.71. The van der Waals surface area contributed by atoms with E-state index in [2.05, 4.69) is 20.9 Å². The maximum absolute atomic E-state index is 12.5. The molecule has 0 aliphatic rings. The fourth-order valence-corrected chi connectivity index (χ4v) is 3.84. The quantitative estimate of drug-likeness (QED) is 0.656. The Bertz CT molecular complexity index is 534. The third kappa shape index (κ3) is 4.23. The van der Waals surface area contributed by atoms with Crippen LogP contribution >= 0.6 is 15.9 Å². The summed E-state index contributed by atoms with van der Waals surface area (Å²) in [6, 6.07) is 0. The predicted molar refractivity (Wildman–Crippen MR) is 75.8 cm³/mol. The van der Waals surface area contributed by atoms with Gasteiger partial charge in [0, 0.05) is 24.6 Å². The van der Waals surface area contributed by atoms with Crippen molar-refractivity contribution in [3.8, 4) is 0 Å². The number of sulfonamides is 1. The van der Waals surface area contributed by atoms with E-state index < -0.39 is 23.0 Å². The van der Waals surface area contributed by atoms with Crippen molar-refractivity contribution < 1.29 is 17.2 Å². The van der Waals surface area contributed by atoms with Crippen molar-refractivity contribution in [2.75, 3.05) is 18.4 Å². The van der Waals surface area contributed by atoms with Crippen molar-refractivity contribution in [1.82, 2.24) is 13.9 Å². The first-order chi connectivity index (χ1) is 9.32. The highest BCUT2D eigenvalue weighted by Crippen LogP contribution is 2.17. The topological polar surface area (TPSA) is 55.2 Å². The van der Waals surface area contributed by atoms with Crippen molar-refractivity contribution in [3.63, 3.8) is 0 Å². The van der Waals surface area contributed by atoms with Crippen LogP contribution in [-0.2, 0) is 16.6 Å². The van der Waals surface area contributed by atoms with Gasteiger partial charge in [0.25, 0.3) is 16.4 Å². The summed E-state index contributed by atoms with van der Waals surface area (Å²) in [5.41, 5.74) is 0. The summed E-state index contributed by atoms with van der Waals surface area (Å²) in [6.45, 7) is 3.44. The normalized spacial score (nSPS) is 12.6. The molecule has 0 atom stereocenters. The van der Waals surface area contributed by atoms with Crippen LogP contribution in [0.15, 0.2) is 11.2 Å². The summed E-state index contributed by atoms with van der Waals surface area (Å²) in [6.07, 6.45) is -0.484. The Hall–Kier alpha value is -0.540. The SMILES string of the molecule is CCCn1cc(S(=O)(=O)N(CCBr)CC(F)F)nc1C.